The highest BCUT2D eigenvalue weighted by Crippen LogP contribution is 2.33. The van der Waals surface area contributed by atoms with Crippen LogP contribution in [0.25, 0.3) is 0 Å². The lowest BCUT2D eigenvalue weighted by atomic mass is 9.83. The summed E-state index contributed by atoms with van der Waals surface area (Å²) in [5.74, 6) is 3.88. The van der Waals surface area contributed by atoms with Gasteiger partial charge in [0.15, 0.2) is 0 Å². The molecule has 3 heteroatoms. The Hall–Kier alpha value is 0.930. The van der Waals surface area contributed by atoms with Crippen molar-refractivity contribution in [2.24, 2.45) is 5.41 Å². The van der Waals surface area contributed by atoms with E-state index < -0.39 is 0 Å². The predicted octanol–water partition coefficient (Wildman–Crippen LogP) is 4.78. The normalized spacial score (nSPS) is 12.0. The molecule has 0 fully saturated rings. The molecule has 0 amide bonds. The lowest BCUT2D eigenvalue weighted by Gasteiger charge is -2.29. The zero-order valence-corrected chi connectivity index (χ0v) is 11.6. The summed E-state index contributed by atoms with van der Waals surface area (Å²) in [4.78, 5) is 0. The second-order valence-electron chi connectivity index (χ2n) is 3.82. The van der Waals surface area contributed by atoms with Gasteiger partial charge in [0, 0.05) is 11.8 Å². The van der Waals surface area contributed by atoms with E-state index in [1.54, 1.807) is 0 Å². The van der Waals surface area contributed by atoms with Gasteiger partial charge in [-0.25, -0.2) is 0 Å². The number of hydrogen-bond acceptors (Lipinski definition) is 1. The first kappa shape index (κ1) is 14.9. The first-order valence-electron chi connectivity index (χ1n) is 5.44. The van der Waals surface area contributed by atoms with Gasteiger partial charge in [0.1, 0.15) is 0 Å². The van der Waals surface area contributed by atoms with E-state index in [4.69, 9.17) is 23.2 Å². The Morgan fingerprint density at radius 3 is 2.14 bits per heavy atom. The molecule has 0 aliphatic rings. The third kappa shape index (κ3) is 5.72. The molecule has 0 aromatic rings. The van der Waals surface area contributed by atoms with Crippen molar-refractivity contribution in [1.82, 2.24) is 0 Å². The average molecular weight is 257 g/mol. The molecular formula is C11H22Cl2S. The number of hydrogen-bond donors (Lipinski definition) is 0. The molecule has 0 bridgehead atoms. The van der Waals surface area contributed by atoms with E-state index in [9.17, 15) is 0 Å². The van der Waals surface area contributed by atoms with Crippen molar-refractivity contribution < 1.29 is 0 Å². The van der Waals surface area contributed by atoms with E-state index in [1.165, 1.54) is 30.8 Å². The van der Waals surface area contributed by atoms with Crippen LogP contribution in [0.5, 0.6) is 0 Å². The van der Waals surface area contributed by atoms with Gasteiger partial charge in [0.25, 0.3) is 0 Å². The molecule has 0 saturated carbocycles. The Morgan fingerprint density at radius 1 is 1.07 bits per heavy atom. The summed E-state index contributed by atoms with van der Waals surface area (Å²) < 4.78 is 0. The molecule has 0 spiro atoms. The fourth-order valence-corrected chi connectivity index (χ4v) is 3.11. The largest absolute Gasteiger partial charge is 0.162 e. The van der Waals surface area contributed by atoms with Crippen LogP contribution in [0.15, 0.2) is 0 Å². The van der Waals surface area contributed by atoms with Crippen molar-refractivity contribution in [1.29, 1.82) is 0 Å². The topological polar surface area (TPSA) is 0 Å². The molecule has 0 aromatic carbocycles. The summed E-state index contributed by atoms with van der Waals surface area (Å²) in [6.45, 7) is 4.40. The minimum absolute atomic E-state index is 0.201. The Morgan fingerprint density at radius 2 is 1.71 bits per heavy atom. The maximum atomic E-state index is 6.02. The molecule has 0 rings (SSSR count). The average Bonchev–Trinajstić information content (AvgIpc) is 2.23. The second kappa shape index (κ2) is 9.18. The summed E-state index contributed by atoms with van der Waals surface area (Å²) in [6.07, 6.45) is 4.77. The highest BCUT2D eigenvalue weighted by molar-refractivity contribution is 7.99. The molecular weight excluding hydrogens is 235 g/mol. The SMILES string of the molecule is CCCC(CCl)(CCl)CCCSCC. The van der Waals surface area contributed by atoms with Crippen LogP contribution in [0.4, 0.5) is 0 Å². The first-order chi connectivity index (χ1) is 6.74. The Labute approximate surface area is 103 Å². The summed E-state index contributed by atoms with van der Waals surface area (Å²) in [5, 5.41) is 0. The lowest BCUT2D eigenvalue weighted by molar-refractivity contribution is 0.313. The minimum atomic E-state index is 0.201. The smallest absolute Gasteiger partial charge is 0.0291 e. The van der Waals surface area contributed by atoms with Gasteiger partial charge in [0.2, 0.25) is 0 Å². The van der Waals surface area contributed by atoms with Gasteiger partial charge in [-0.15, -0.1) is 23.2 Å². The van der Waals surface area contributed by atoms with Crippen molar-refractivity contribution in [3.05, 3.63) is 0 Å². The van der Waals surface area contributed by atoms with E-state index in [0.717, 1.165) is 6.42 Å². The monoisotopic (exact) mass is 256 g/mol. The van der Waals surface area contributed by atoms with Gasteiger partial charge in [-0.05, 0) is 36.2 Å². The molecule has 0 aromatic heterocycles. The van der Waals surface area contributed by atoms with Gasteiger partial charge >= 0.3 is 0 Å². The van der Waals surface area contributed by atoms with Gasteiger partial charge in [-0.3, -0.25) is 0 Å². The van der Waals surface area contributed by atoms with Crippen molar-refractivity contribution in [3.8, 4) is 0 Å². The molecule has 0 radical (unpaired) electrons. The van der Waals surface area contributed by atoms with Crippen LogP contribution in [-0.4, -0.2) is 23.3 Å². The molecule has 14 heavy (non-hydrogen) atoms. The van der Waals surface area contributed by atoms with Crippen LogP contribution < -0.4 is 0 Å². The number of halogens is 2. The number of thioether (sulfide) groups is 1. The van der Waals surface area contributed by atoms with E-state index in [1.807, 2.05) is 11.8 Å². The zero-order valence-electron chi connectivity index (χ0n) is 9.32. The minimum Gasteiger partial charge on any atom is -0.162 e. The van der Waals surface area contributed by atoms with Crippen molar-refractivity contribution in [2.75, 3.05) is 23.3 Å². The van der Waals surface area contributed by atoms with Crippen LogP contribution in [0.2, 0.25) is 0 Å². The highest BCUT2D eigenvalue weighted by Gasteiger charge is 2.26. The third-order valence-corrected chi connectivity index (χ3v) is 4.67. The molecule has 0 nitrogen and oxygen atoms in total. The van der Waals surface area contributed by atoms with Crippen LogP contribution >= 0.6 is 35.0 Å². The lowest BCUT2D eigenvalue weighted by Crippen LogP contribution is -2.25. The van der Waals surface area contributed by atoms with Gasteiger partial charge in [0.05, 0.1) is 0 Å². The van der Waals surface area contributed by atoms with Crippen molar-refractivity contribution in [3.63, 3.8) is 0 Å². The summed E-state index contributed by atoms with van der Waals surface area (Å²) in [6, 6.07) is 0. The van der Waals surface area contributed by atoms with Crippen molar-refractivity contribution >= 4 is 35.0 Å². The Bertz CT molecular complexity index is 124. The fourth-order valence-electron chi connectivity index (χ4n) is 1.65. The third-order valence-electron chi connectivity index (χ3n) is 2.55. The maximum Gasteiger partial charge on any atom is 0.0291 e. The van der Waals surface area contributed by atoms with Crippen molar-refractivity contribution in [2.45, 2.75) is 39.5 Å². The van der Waals surface area contributed by atoms with Gasteiger partial charge < -0.3 is 0 Å². The fraction of sp³-hybridized carbons (Fsp3) is 1.00. The van der Waals surface area contributed by atoms with Crippen LogP contribution in [0.3, 0.4) is 0 Å². The van der Waals surface area contributed by atoms with Gasteiger partial charge in [-0.1, -0.05) is 20.3 Å². The number of rotatable bonds is 9. The summed E-state index contributed by atoms with van der Waals surface area (Å²) in [5.41, 5.74) is 0.201. The predicted molar refractivity (Wildman–Crippen MR) is 71.0 cm³/mol. The molecule has 0 aliphatic heterocycles. The molecule has 0 N–H and O–H groups in total. The summed E-state index contributed by atoms with van der Waals surface area (Å²) >= 11 is 14.1. The molecule has 0 heterocycles. The Balaban J connectivity index is 3.82. The molecule has 0 aliphatic carbocycles. The van der Waals surface area contributed by atoms with Crippen LogP contribution in [0.1, 0.15) is 39.5 Å². The van der Waals surface area contributed by atoms with E-state index in [2.05, 4.69) is 13.8 Å². The highest BCUT2D eigenvalue weighted by atomic mass is 35.5. The molecule has 0 atom stereocenters. The quantitative estimate of drug-likeness (QED) is 0.423. The van der Waals surface area contributed by atoms with E-state index >= 15 is 0 Å². The first-order valence-corrected chi connectivity index (χ1v) is 7.66. The standard InChI is InChI=1S/C11H22Cl2S/c1-3-6-11(9-12,10-13)7-5-8-14-4-2/h3-10H2,1-2H3. The maximum absolute atomic E-state index is 6.02. The second-order valence-corrected chi connectivity index (χ2v) is 5.75. The zero-order chi connectivity index (χ0) is 10.9. The Kier molecular flexibility index (Phi) is 9.79. The van der Waals surface area contributed by atoms with Crippen LogP contribution in [0, 0.1) is 5.41 Å². The van der Waals surface area contributed by atoms with E-state index in [-0.39, 0.29) is 5.41 Å². The number of alkyl halides is 2. The van der Waals surface area contributed by atoms with E-state index in [0.29, 0.717) is 11.8 Å². The molecule has 0 saturated heterocycles. The van der Waals surface area contributed by atoms with Crippen LogP contribution in [-0.2, 0) is 0 Å². The van der Waals surface area contributed by atoms with Gasteiger partial charge in [-0.2, -0.15) is 11.8 Å². The summed E-state index contributed by atoms with van der Waals surface area (Å²) in [7, 11) is 0. The molecule has 86 valence electrons. The molecule has 0 unspecified atom stereocenters.